The van der Waals surface area contributed by atoms with Crippen LogP contribution in [0.3, 0.4) is 0 Å². The molecule has 3 nitrogen and oxygen atoms in total. The first-order chi connectivity index (χ1) is 9.46. The van der Waals surface area contributed by atoms with E-state index in [0.29, 0.717) is 10.9 Å². The van der Waals surface area contributed by atoms with Crippen molar-refractivity contribution in [1.29, 1.82) is 0 Å². The Morgan fingerprint density at radius 1 is 1.40 bits per heavy atom. The first-order valence-corrected chi connectivity index (χ1v) is 7.52. The second-order valence-electron chi connectivity index (χ2n) is 4.48. The lowest BCUT2D eigenvalue weighted by molar-refractivity contribution is -0.0498. The highest BCUT2D eigenvalue weighted by molar-refractivity contribution is 9.09. The molecule has 1 aromatic rings. The van der Waals surface area contributed by atoms with E-state index in [0.717, 1.165) is 12.8 Å². The fraction of sp³-hybridized carbons (Fsp3) is 0.500. The molecule has 20 heavy (non-hydrogen) atoms. The monoisotopic (exact) mass is 349 g/mol. The summed E-state index contributed by atoms with van der Waals surface area (Å²) in [6.07, 6.45) is 1.54. The van der Waals surface area contributed by atoms with Gasteiger partial charge in [0.15, 0.2) is 0 Å². The minimum atomic E-state index is -2.90. The highest BCUT2D eigenvalue weighted by Crippen LogP contribution is 2.20. The van der Waals surface area contributed by atoms with E-state index in [4.69, 9.17) is 0 Å². The molecule has 6 heteroatoms. The summed E-state index contributed by atoms with van der Waals surface area (Å²) in [7, 11) is 0. The lowest BCUT2D eigenvalue weighted by atomic mass is 9.95. The summed E-state index contributed by atoms with van der Waals surface area (Å²) < 4.78 is 28.6. The Balaban J connectivity index is 2.86. The predicted molar refractivity (Wildman–Crippen MR) is 77.6 cm³/mol. The fourth-order valence-corrected chi connectivity index (χ4v) is 2.71. The number of rotatable bonds is 7. The van der Waals surface area contributed by atoms with Crippen molar-refractivity contribution in [3.63, 3.8) is 0 Å². The van der Waals surface area contributed by atoms with E-state index < -0.39 is 6.61 Å². The SMILES string of the molecule is CCC(CC)(CBr)NC(=O)c1cccc(OC(F)F)c1. The Hall–Kier alpha value is -1.17. The smallest absolute Gasteiger partial charge is 0.387 e. The zero-order chi connectivity index (χ0) is 15.2. The van der Waals surface area contributed by atoms with Crippen LogP contribution in [0, 0.1) is 0 Å². The van der Waals surface area contributed by atoms with E-state index in [2.05, 4.69) is 26.0 Å². The van der Waals surface area contributed by atoms with Gasteiger partial charge in [-0.2, -0.15) is 8.78 Å². The van der Waals surface area contributed by atoms with Crippen LogP contribution in [0.25, 0.3) is 0 Å². The average molecular weight is 350 g/mol. The molecule has 0 aromatic heterocycles. The van der Waals surface area contributed by atoms with Crippen LogP contribution in [-0.4, -0.2) is 23.4 Å². The maximum atomic E-state index is 12.2. The first kappa shape index (κ1) is 16.9. The van der Waals surface area contributed by atoms with Crippen molar-refractivity contribution in [2.45, 2.75) is 38.8 Å². The number of hydrogen-bond acceptors (Lipinski definition) is 2. The molecule has 0 fully saturated rings. The number of nitrogens with one attached hydrogen (secondary N) is 1. The van der Waals surface area contributed by atoms with Crippen molar-refractivity contribution >= 4 is 21.8 Å². The number of alkyl halides is 3. The molecule has 112 valence electrons. The van der Waals surface area contributed by atoms with Gasteiger partial charge in [0.1, 0.15) is 5.75 Å². The molecule has 1 N–H and O–H groups in total. The summed E-state index contributed by atoms with van der Waals surface area (Å²) in [4.78, 5) is 12.2. The lowest BCUT2D eigenvalue weighted by Gasteiger charge is -2.31. The second kappa shape index (κ2) is 7.57. The minimum absolute atomic E-state index is 0.0231. The van der Waals surface area contributed by atoms with Crippen molar-refractivity contribution < 1.29 is 18.3 Å². The van der Waals surface area contributed by atoms with Crippen LogP contribution in [0.15, 0.2) is 24.3 Å². The molecule has 0 bridgehead atoms. The quantitative estimate of drug-likeness (QED) is 0.756. The van der Waals surface area contributed by atoms with Crippen molar-refractivity contribution in [1.82, 2.24) is 5.32 Å². The number of halogens is 3. The van der Waals surface area contributed by atoms with E-state index in [1.807, 2.05) is 13.8 Å². The molecule has 0 spiro atoms. The fourth-order valence-electron chi connectivity index (χ4n) is 1.78. The van der Waals surface area contributed by atoms with Crippen LogP contribution in [-0.2, 0) is 0 Å². The van der Waals surface area contributed by atoms with Crippen molar-refractivity contribution in [3.8, 4) is 5.75 Å². The second-order valence-corrected chi connectivity index (χ2v) is 5.04. The Morgan fingerprint density at radius 3 is 2.55 bits per heavy atom. The van der Waals surface area contributed by atoms with Crippen LogP contribution in [0.2, 0.25) is 0 Å². The molecule has 0 saturated heterocycles. The van der Waals surface area contributed by atoms with Crippen molar-refractivity contribution in [2.75, 3.05) is 5.33 Å². The summed E-state index contributed by atoms with van der Waals surface area (Å²) in [6.45, 7) is 1.07. The Kier molecular flexibility index (Phi) is 6.39. The number of amides is 1. The van der Waals surface area contributed by atoms with Gasteiger partial charge in [0.2, 0.25) is 0 Å². The molecule has 0 aliphatic heterocycles. The third-order valence-corrected chi connectivity index (χ3v) is 4.38. The van der Waals surface area contributed by atoms with Gasteiger partial charge in [-0.25, -0.2) is 0 Å². The van der Waals surface area contributed by atoms with Crippen LogP contribution in [0.1, 0.15) is 37.0 Å². The highest BCUT2D eigenvalue weighted by Gasteiger charge is 2.27. The maximum absolute atomic E-state index is 12.2. The van der Waals surface area contributed by atoms with E-state index in [1.165, 1.54) is 18.2 Å². The number of ether oxygens (including phenoxy) is 1. The molecule has 0 saturated carbocycles. The van der Waals surface area contributed by atoms with Gasteiger partial charge in [0, 0.05) is 16.4 Å². The molecule has 0 unspecified atom stereocenters. The van der Waals surface area contributed by atoms with Crippen LogP contribution in [0.4, 0.5) is 8.78 Å². The third kappa shape index (κ3) is 4.44. The van der Waals surface area contributed by atoms with Crippen LogP contribution < -0.4 is 10.1 Å². The van der Waals surface area contributed by atoms with Gasteiger partial charge in [-0.1, -0.05) is 35.8 Å². The summed E-state index contributed by atoms with van der Waals surface area (Å²) in [5.74, 6) is -0.321. The molecular weight excluding hydrogens is 332 g/mol. The van der Waals surface area contributed by atoms with Crippen molar-refractivity contribution in [2.24, 2.45) is 0 Å². The molecule has 0 aliphatic carbocycles. The normalized spacial score (nSPS) is 11.5. The Morgan fingerprint density at radius 2 is 2.05 bits per heavy atom. The molecular formula is C14H18BrF2NO2. The van der Waals surface area contributed by atoms with Gasteiger partial charge < -0.3 is 10.1 Å². The average Bonchev–Trinajstić information content (AvgIpc) is 2.44. The molecule has 1 amide bonds. The van der Waals surface area contributed by atoms with Gasteiger partial charge in [-0.3, -0.25) is 4.79 Å². The number of carbonyl (C=O) groups is 1. The minimum Gasteiger partial charge on any atom is -0.435 e. The van der Waals surface area contributed by atoms with E-state index >= 15 is 0 Å². The zero-order valence-corrected chi connectivity index (χ0v) is 13.0. The first-order valence-electron chi connectivity index (χ1n) is 6.39. The Labute approximate surface area is 125 Å². The van der Waals surface area contributed by atoms with Crippen molar-refractivity contribution in [3.05, 3.63) is 29.8 Å². The highest BCUT2D eigenvalue weighted by atomic mass is 79.9. The van der Waals surface area contributed by atoms with E-state index in [9.17, 15) is 13.6 Å². The summed E-state index contributed by atoms with van der Waals surface area (Å²) in [5.41, 5.74) is -0.0354. The predicted octanol–water partition coefficient (Wildman–Crippen LogP) is 3.97. The van der Waals surface area contributed by atoms with Crippen LogP contribution >= 0.6 is 15.9 Å². The number of benzene rings is 1. The molecule has 0 atom stereocenters. The maximum Gasteiger partial charge on any atom is 0.387 e. The van der Waals surface area contributed by atoms with Gasteiger partial charge in [-0.15, -0.1) is 0 Å². The summed E-state index contributed by atoms with van der Waals surface area (Å²) in [5, 5.41) is 3.58. The topological polar surface area (TPSA) is 38.3 Å². The largest absolute Gasteiger partial charge is 0.435 e. The standard InChI is InChI=1S/C14H18BrF2NO2/c1-3-14(4-2,9-15)18-12(19)10-6-5-7-11(8-10)20-13(16)17/h5-8,13H,3-4,9H2,1-2H3,(H,18,19). The summed E-state index contributed by atoms with van der Waals surface area (Å²) in [6, 6.07) is 5.78. The van der Waals surface area contributed by atoms with E-state index in [1.54, 1.807) is 6.07 Å². The third-order valence-electron chi connectivity index (χ3n) is 3.31. The number of hydrogen-bond donors (Lipinski definition) is 1. The van der Waals surface area contributed by atoms with Gasteiger partial charge in [0.05, 0.1) is 0 Å². The molecule has 1 rings (SSSR count). The zero-order valence-electron chi connectivity index (χ0n) is 11.5. The van der Waals surface area contributed by atoms with Gasteiger partial charge in [0.25, 0.3) is 5.91 Å². The molecule has 0 radical (unpaired) electrons. The summed E-state index contributed by atoms with van der Waals surface area (Å²) >= 11 is 3.40. The number of carbonyl (C=O) groups excluding carboxylic acids is 1. The lowest BCUT2D eigenvalue weighted by Crippen LogP contribution is -2.49. The van der Waals surface area contributed by atoms with Gasteiger partial charge in [-0.05, 0) is 31.0 Å². The molecule has 0 aliphatic rings. The van der Waals surface area contributed by atoms with Crippen LogP contribution in [0.5, 0.6) is 5.75 Å². The molecule has 0 heterocycles. The molecule has 1 aromatic carbocycles. The van der Waals surface area contributed by atoms with E-state index in [-0.39, 0.29) is 17.2 Å². The Bertz CT molecular complexity index is 442. The van der Waals surface area contributed by atoms with Gasteiger partial charge >= 0.3 is 6.61 Å².